The van der Waals surface area contributed by atoms with E-state index in [4.69, 9.17) is 5.73 Å². The maximum absolute atomic E-state index is 12.2. The Morgan fingerprint density at radius 2 is 2.25 bits per heavy atom. The minimum atomic E-state index is -0.595. The lowest BCUT2D eigenvalue weighted by atomic mass is 9.84. The lowest BCUT2D eigenvalue weighted by Crippen LogP contribution is -2.44. The number of amides is 1. The molecule has 1 saturated carbocycles. The second-order valence-corrected chi connectivity index (χ2v) is 6.55. The third kappa shape index (κ3) is 4.47. The van der Waals surface area contributed by atoms with E-state index in [1.165, 1.54) is 11.3 Å². The molecule has 4 N–H and O–H groups in total. The lowest BCUT2D eigenvalue weighted by molar-refractivity contribution is -0.127. The van der Waals surface area contributed by atoms with Crippen LogP contribution in [0, 0.1) is 5.92 Å². The first-order valence-electron chi connectivity index (χ1n) is 7.55. The summed E-state index contributed by atoms with van der Waals surface area (Å²) in [7, 11) is 0. The number of rotatable bonds is 4. The number of aliphatic hydroxyl groups excluding tert-OH is 1. The smallest absolute Gasteiger partial charge is 0.223 e. The predicted octanol–water partition coefficient (Wildman–Crippen LogP) is 1.13. The maximum atomic E-state index is 12.2. The molecule has 1 fully saturated rings. The largest absolute Gasteiger partial charge is 0.391 e. The summed E-state index contributed by atoms with van der Waals surface area (Å²) >= 11 is 1.47. The average molecular weight is 370 g/mol. The molecule has 0 aromatic carbocycles. The van der Waals surface area contributed by atoms with E-state index in [0.29, 0.717) is 25.8 Å². The van der Waals surface area contributed by atoms with Crippen LogP contribution in [-0.2, 0) is 11.3 Å². The molecule has 0 aliphatic heterocycles. The molecule has 2 aromatic heterocycles. The summed E-state index contributed by atoms with van der Waals surface area (Å²) in [6.45, 7) is 0.369. The Balaban J connectivity index is 0.00000208. The molecule has 0 radical (unpaired) electrons. The molecular weight excluding hydrogens is 350 g/mol. The highest BCUT2D eigenvalue weighted by atomic mass is 35.5. The molecule has 3 rings (SSSR count). The molecule has 7 nitrogen and oxygen atoms in total. The topological polar surface area (TPSA) is 114 Å². The highest BCUT2D eigenvalue weighted by Crippen LogP contribution is 2.24. The molecule has 0 bridgehead atoms. The summed E-state index contributed by atoms with van der Waals surface area (Å²) < 4.78 is 0. The Hall–Kier alpha value is -1.61. The van der Waals surface area contributed by atoms with Crippen molar-refractivity contribution in [2.24, 2.45) is 11.7 Å². The van der Waals surface area contributed by atoms with Gasteiger partial charge in [0.25, 0.3) is 0 Å². The number of hydrogen-bond donors (Lipinski definition) is 3. The Morgan fingerprint density at radius 3 is 2.96 bits per heavy atom. The van der Waals surface area contributed by atoms with Gasteiger partial charge in [0, 0.05) is 29.7 Å². The molecule has 0 saturated heterocycles. The van der Waals surface area contributed by atoms with E-state index in [0.717, 1.165) is 16.4 Å². The molecule has 1 amide bonds. The van der Waals surface area contributed by atoms with E-state index in [2.05, 4.69) is 20.3 Å². The van der Waals surface area contributed by atoms with Gasteiger partial charge in [-0.15, -0.1) is 23.7 Å². The number of aliphatic hydroxyl groups is 1. The third-order valence-electron chi connectivity index (χ3n) is 4.02. The van der Waals surface area contributed by atoms with Crippen LogP contribution in [0.3, 0.4) is 0 Å². The first kappa shape index (κ1) is 18.7. The van der Waals surface area contributed by atoms with Gasteiger partial charge in [-0.2, -0.15) is 0 Å². The molecule has 2 heterocycles. The number of halogens is 1. The van der Waals surface area contributed by atoms with Crippen molar-refractivity contribution in [1.82, 2.24) is 20.3 Å². The van der Waals surface area contributed by atoms with E-state index in [-0.39, 0.29) is 30.3 Å². The maximum Gasteiger partial charge on any atom is 0.223 e. The van der Waals surface area contributed by atoms with E-state index >= 15 is 0 Å². The predicted molar refractivity (Wildman–Crippen MR) is 93.6 cm³/mol. The molecule has 3 atom stereocenters. The second kappa shape index (κ2) is 8.48. The van der Waals surface area contributed by atoms with Gasteiger partial charge < -0.3 is 16.2 Å². The Kier molecular flexibility index (Phi) is 6.61. The summed E-state index contributed by atoms with van der Waals surface area (Å²) in [6.07, 6.45) is 6.11. The standard InChI is InChI=1S/C15H19N5O2S.ClH/c16-11-2-1-9(5-13(11)21)14(22)19-6-10-8-23-15(20-10)12-7-17-3-4-18-12;/h3-4,7-9,11,13,21H,1-2,5-6,16H2,(H,19,22);1H/t9-,11-,13-;/m0./s1. The molecular formula is C15H20ClN5O2S. The second-order valence-electron chi connectivity index (χ2n) is 5.69. The third-order valence-corrected chi connectivity index (χ3v) is 4.93. The van der Waals surface area contributed by atoms with Crippen molar-refractivity contribution >= 4 is 29.7 Å². The summed E-state index contributed by atoms with van der Waals surface area (Å²) in [5, 5.41) is 15.3. The number of carbonyl (C=O) groups is 1. The fourth-order valence-electron chi connectivity index (χ4n) is 2.65. The summed E-state index contributed by atoms with van der Waals surface area (Å²) in [5.41, 5.74) is 7.27. The van der Waals surface area contributed by atoms with Crippen molar-refractivity contribution < 1.29 is 9.90 Å². The zero-order valence-electron chi connectivity index (χ0n) is 13.0. The van der Waals surface area contributed by atoms with Gasteiger partial charge in [0.15, 0.2) is 0 Å². The van der Waals surface area contributed by atoms with Crippen molar-refractivity contribution in [2.45, 2.75) is 38.0 Å². The van der Waals surface area contributed by atoms with Crippen LogP contribution in [0.5, 0.6) is 0 Å². The van der Waals surface area contributed by atoms with E-state index < -0.39 is 6.10 Å². The number of hydrogen-bond acceptors (Lipinski definition) is 7. The molecule has 130 valence electrons. The number of nitrogens with zero attached hydrogens (tertiary/aromatic N) is 3. The number of aromatic nitrogens is 3. The average Bonchev–Trinajstić information content (AvgIpc) is 3.05. The van der Waals surface area contributed by atoms with Crippen molar-refractivity contribution in [3.63, 3.8) is 0 Å². The molecule has 0 unspecified atom stereocenters. The molecule has 0 spiro atoms. The number of nitrogens with two attached hydrogens (primary N) is 1. The van der Waals surface area contributed by atoms with E-state index in [1.54, 1.807) is 18.6 Å². The summed E-state index contributed by atoms with van der Waals surface area (Å²) in [4.78, 5) is 24.9. The summed E-state index contributed by atoms with van der Waals surface area (Å²) in [6, 6.07) is -0.216. The molecule has 24 heavy (non-hydrogen) atoms. The first-order valence-corrected chi connectivity index (χ1v) is 8.43. The minimum absolute atomic E-state index is 0. The fraction of sp³-hybridized carbons (Fsp3) is 0.467. The van der Waals surface area contributed by atoms with Crippen LogP contribution in [0.1, 0.15) is 25.0 Å². The number of thiazole rings is 1. The van der Waals surface area contributed by atoms with Crippen LogP contribution in [0.25, 0.3) is 10.7 Å². The van der Waals surface area contributed by atoms with Gasteiger partial charge in [0.05, 0.1) is 24.5 Å². The van der Waals surface area contributed by atoms with Gasteiger partial charge in [-0.25, -0.2) is 4.98 Å². The van der Waals surface area contributed by atoms with Crippen LogP contribution in [0.4, 0.5) is 0 Å². The van der Waals surface area contributed by atoms with Crippen LogP contribution >= 0.6 is 23.7 Å². The fourth-order valence-corrected chi connectivity index (χ4v) is 3.43. The van der Waals surface area contributed by atoms with Gasteiger partial charge in [-0.05, 0) is 19.3 Å². The van der Waals surface area contributed by atoms with Crippen molar-refractivity contribution in [1.29, 1.82) is 0 Å². The van der Waals surface area contributed by atoms with Crippen molar-refractivity contribution in [2.75, 3.05) is 0 Å². The number of carbonyl (C=O) groups excluding carboxylic acids is 1. The monoisotopic (exact) mass is 369 g/mol. The number of nitrogens with one attached hydrogen (secondary N) is 1. The zero-order chi connectivity index (χ0) is 16.2. The highest BCUT2D eigenvalue weighted by Gasteiger charge is 2.30. The molecule has 1 aliphatic rings. The Morgan fingerprint density at radius 1 is 1.42 bits per heavy atom. The zero-order valence-corrected chi connectivity index (χ0v) is 14.6. The Bertz CT molecular complexity index is 669. The van der Waals surface area contributed by atoms with Crippen LogP contribution in [0.2, 0.25) is 0 Å². The summed E-state index contributed by atoms with van der Waals surface area (Å²) in [5.74, 6) is -0.229. The van der Waals surface area contributed by atoms with E-state index in [9.17, 15) is 9.90 Å². The van der Waals surface area contributed by atoms with Crippen LogP contribution < -0.4 is 11.1 Å². The molecule has 1 aliphatic carbocycles. The minimum Gasteiger partial charge on any atom is -0.391 e. The van der Waals surface area contributed by atoms with Gasteiger partial charge in [0.2, 0.25) is 5.91 Å². The van der Waals surface area contributed by atoms with Gasteiger partial charge >= 0.3 is 0 Å². The Labute approximate surface area is 150 Å². The first-order chi connectivity index (χ1) is 11.1. The van der Waals surface area contributed by atoms with Crippen molar-refractivity contribution in [3.8, 4) is 10.7 Å². The quantitative estimate of drug-likeness (QED) is 0.744. The van der Waals surface area contributed by atoms with Gasteiger partial charge in [-0.3, -0.25) is 14.8 Å². The SMILES string of the molecule is Cl.N[C@H]1CC[C@H](C(=O)NCc2csc(-c3cnccn3)n2)C[C@@H]1O. The van der Waals surface area contributed by atoms with Crippen LogP contribution in [0.15, 0.2) is 24.0 Å². The van der Waals surface area contributed by atoms with Gasteiger partial charge in [-0.1, -0.05) is 0 Å². The molecule has 2 aromatic rings. The van der Waals surface area contributed by atoms with Gasteiger partial charge in [0.1, 0.15) is 10.7 Å². The molecule has 9 heteroatoms. The normalized spacial score (nSPS) is 23.3. The van der Waals surface area contributed by atoms with Crippen molar-refractivity contribution in [3.05, 3.63) is 29.7 Å². The highest BCUT2D eigenvalue weighted by molar-refractivity contribution is 7.13. The van der Waals surface area contributed by atoms with E-state index in [1.807, 2.05) is 5.38 Å². The lowest BCUT2D eigenvalue weighted by Gasteiger charge is -2.29. The van der Waals surface area contributed by atoms with Crippen LogP contribution in [-0.4, -0.2) is 38.1 Å².